The van der Waals surface area contributed by atoms with Crippen LogP contribution in [0.1, 0.15) is 0 Å². The lowest BCUT2D eigenvalue weighted by Gasteiger charge is -2.07. The number of hydrogen-bond donors (Lipinski definition) is 1. The molecule has 0 aliphatic carbocycles. The van der Waals surface area contributed by atoms with E-state index in [-0.39, 0.29) is 0 Å². The molecule has 0 amide bonds. The van der Waals surface area contributed by atoms with E-state index in [2.05, 4.69) is 15.3 Å². The quantitative estimate of drug-likeness (QED) is 0.738. The molecule has 0 saturated carbocycles. The van der Waals surface area contributed by atoms with Crippen LogP contribution in [-0.4, -0.2) is 17.0 Å². The summed E-state index contributed by atoms with van der Waals surface area (Å²) in [4.78, 5) is 8.23. The van der Waals surface area contributed by atoms with Gasteiger partial charge in [-0.25, -0.2) is 9.97 Å². The smallest absolute Gasteiger partial charge is 0.212 e. The van der Waals surface area contributed by atoms with Gasteiger partial charge in [-0.2, -0.15) is 4.39 Å². The first-order chi connectivity index (χ1) is 9.78. The van der Waals surface area contributed by atoms with Gasteiger partial charge in [-0.1, -0.05) is 24.3 Å². The highest BCUT2D eigenvalue weighted by Gasteiger charge is 2.10. The number of halogens is 1. The van der Waals surface area contributed by atoms with Crippen LogP contribution in [0, 0.1) is 5.95 Å². The van der Waals surface area contributed by atoms with Gasteiger partial charge in [0.05, 0.1) is 5.69 Å². The number of hydrogen-bond acceptors (Lipinski definition) is 4. The zero-order valence-corrected chi connectivity index (χ0v) is 11.6. The Kier molecular flexibility index (Phi) is 3.43. The Hall–Kier alpha value is -2.27. The van der Waals surface area contributed by atoms with Crippen LogP contribution >= 0.6 is 11.3 Å². The number of thiazole rings is 1. The number of benzene rings is 1. The lowest BCUT2D eigenvalue weighted by Crippen LogP contribution is -1.89. The average Bonchev–Trinajstić information content (AvgIpc) is 2.97. The first-order valence-corrected chi connectivity index (χ1v) is 7.00. The van der Waals surface area contributed by atoms with Gasteiger partial charge in [0.15, 0.2) is 5.13 Å². The van der Waals surface area contributed by atoms with E-state index in [1.807, 2.05) is 36.7 Å². The van der Waals surface area contributed by atoms with Gasteiger partial charge in [-0.15, -0.1) is 11.3 Å². The van der Waals surface area contributed by atoms with Crippen molar-refractivity contribution >= 4 is 16.5 Å². The van der Waals surface area contributed by atoms with Gasteiger partial charge in [0.25, 0.3) is 0 Å². The second kappa shape index (κ2) is 5.38. The molecule has 1 aromatic carbocycles. The summed E-state index contributed by atoms with van der Waals surface area (Å²) in [5, 5.41) is 5.90. The van der Waals surface area contributed by atoms with Crippen LogP contribution in [0.2, 0.25) is 0 Å². The third-order valence-corrected chi connectivity index (χ3v) is 3.82. The first kappa shape index (κ1) is 12.7. The monoisotopic (exact) mass is 285 g/mol. The van der Waals surface area contributed by atoms with Crippen LogP contribution in [0.3, 0.4) is 0 Å². The number of anilines is 1. The number of rotatable bonds is 3. The Labute approximate surface area is 120 Å². The van der Waals surface area contributed by atoms with Crippen LogP contribution in [-0.2, 0) is 0 Å². The molecule has 100 valence electrons. The summed E-state index contributed by atoms with van der Waals surface area (Å²) in [6.45, 7) is 0. The highest BCUT2D eigenvalue weighted by molar-refractivity contribution is 7.14. The van der Waals surface area contributed by atoms with Crippen LogP contribution in [0.4, 0.5) is 9.52 Å². The molecule has 2 aromatic heterocycles. The van der Waals surface area contributed by atoms with Crippen LogP contribution < -0.4 is 5.32 Å². The van der Waals surface area contributed by atoms with E-state index in [0.29, 0.717) is 0 Å². The van der Waals surface area contributed by atoms with Gasteiger partial charge < -0.3 is 5.32 Å². The van der Waals surface area contributed by atoms with E-state index in [1.54, 1.807) is 23.6 Å². The molecule has 0 fully saturated rings. The highest BCUT2D eigenvalue weighted by atomic mass is 32.1. The summed E-state index contributed by atoms with van der Waals surface area (Å²) in [6.07, 6.45) is 1.54. The van der Waals surface area contributed by atoms with Crippen molar-refractivity contribution in [2.75, 3.05) is 12.4 Å². The van der Waals surface area contributed by atoms with Gasteiger partial charge in [0.2, 0.25) is 5.95 Å². The molecule has 0 atom stereocenters. The summed E-state index contributed by atoms with van der Waals surface area (Å²) in [5.74, 6) is -0.475. The second-order valence-electron chi connectivity index (χ2n) is 4.20. The molecule has 3 aromatic rings. The zero-order valence-electron chi connectivity index (χ0n) is 10.8. The van der Waals surface area contributed by atoms with Crippen molar-refractivity contribution in [3.63, 3.8) is 0 Å². The summed E-state index contributed by atoms with van der Waals surface area (Å²) >= 11 is 1.55. The molecule has 0 spiro atoms. The molecule has 2 heterocycles. The van der Waals surface area contributed by atoms with E-state index >= 15 is 0 Å². The van der Waals surface area contributed by atoms with Crippen LogP contribution in [0.5, 0.6) is 0 Å². The van der Waals surface area contributed by atoms with E-state index in [9.17, 15) is 4.39 Å². The van der Waals surface area contributed by atoms with Crippen molar-refractivity contribution in [1.82, 2.24) is 9.97 Å². The highest BCUT2D eigenvalue weighted by Crippen LogP contribution is 2.33. The van der Waals surface area contributed by atoms with Crippen molar-refractivity contribution in [2.45, 2.75) is 0 Å². The fraction of sp³-hybridized carbons (Fsp3) is 0.0667. The lowest BCUT2D eigenvalue weighted by molar-refractivity contribution is 0.584. The van der Waals surface area contributed by atoms with E-state index in [1.165, 1.54) is 6.07 Å². The van der Waals surface area contributed by atoms with Gasteiger partial charge in [0, 0.05) is 29.8 Å². The third-order valence-electron chi connectivity index (χ3n) is 2.96. The Bertz CT molecular complexity index is 722. The minimum Gasteiger partial charge on any atom is -0.365 e. The Morgan fingerprint density at radius 1 is 1.10 bits per heavy atom. The summed E-state index contributed by atoms with van der Waals surface area (Å²) < 4.78 is 12.9. The van der Waals surface area contributed by atoms with Crippen LogP contribution in [0.15, 0.2) is 48.0 Å². The zero-order chi connectivity index (χ0) is 13.9. The molecule has 1 N–H and O–H groups in total. The number of aromatic nitrogens is 2. The van der Waals surface area contributed by atoms with Gasteiger partial charge in [0.1, 0.15) is 0 Å². The SMILES string of the molecule is CNc1nc(-c2ccccc2-c2ccc(F)nc2)cs1. The van der Waals surface area contributed by atoms with Crippen molar-refractivity contribution in [3.8, 4) is 22.4 Å². The Morgan fingerprint density at radius 3 is 2.55 bits per heavy atom. The van der Waals surface area contributed by atoms with Crippen LogP contribution in [0.25, 0.3) is 22.4 Å². The third kappa shape index (κ3) is 2.40. The number of nitrogens with zero attached hydrogens (tertiary/aromatic N) is 2. The topological polar surface area (TPSA) is 37.8 Å². The normalized spacial score (nSPS) is 10.5. The largest absolute Gasteiger partial charge is 0.365 e. The van der Waals surface area contributed by atoms with Crippen molar-refractivity contribution in [1.29, 1.82) is 0 Å². The minimum absolute atomic E-state index is 0.475. The molecule has 3 rings (SSSR count). The molecule has 0 unspecified atom stereocenters. The first-order valence-electron chi connectivity index (χ1n) is 6.12. The predicted molar refractivity (Wildman–Crippen MR) is 80.3 cm³/mol. The van der Waals surface area contributed by atoms with E-state index < -0.39 is 5.95 Å². The second-order valence-corrected chi connectivity index (χ2v) is 5.06. The molecular weight excluding hydrogens is 273 g/mol. The maximum Gasteiger partial charge on any atom is 0.212 e. The van der Waals surface area contributed by atoms with E-state index in [0.717, 1.165) is 27.5 Å². The molecule has 0 aliphatic rings. The molecule has 5 heteroatoms. The predicted octanol–water partition coefficient (Wildman–Crippen LogP) is 4.05. The van der Waals surface area contributed by atoms with Crippen molar-refractivity contribution in [3.05, 3.63) is 53.9 Å². The summed E-state index contributed by atoms with van der Waals surface area (Å²) in [7, 11) is 1.85. The molecule has 0 aliphatic heterocycles. The molecule has 0 saturated heterocycles. The van der Waals surface area contributed by atoms with E-state index in [4.69, 9.17) is 0 Å². The van der Waals surface area contributed by atoms with Crippen molar-refractivity contribution < 1.29 is 4.39 Å². The summed E-state index contributed by atoms with van der Waals surface area (Å²) in [6, 6.07) is 11.0. The van der Waals surface area contributed by atoms with Crippen molar-refractivity contribution in [2.24, 2.45) is 0 Å². The van der Waals surface area contributed by atoms with Gasteiger partial charge in [-0.05, 0) is 17.7 Å². The fourth-order valence-corrected chi connectivity index (χ4v) is 2.68. The minimum atomic E-state index is -0.475. The standard InChI is InChI=1S/C15H12FN3S/c1-17-15-19-13(9-20-15)12-5-3-2-4-11(12)10-6-7-14(16)18-8-10/h2-9H,1H3,(H,17,19). The molecule has 20 heavy (non-hydrogen) atoms. The molecular formula is C15H12FN3S. The Morgan fingerprint density at radius 2 is 1.90 bits per heavy atom. The molecule has 3 nitrogen and oxygen atoms in total. The molecule has 0 bridgehead atoms. The maximum atomic E-state index is 12.9. The van der Waals surface area contributed by atoms with Gasteiger partial charge >= 0.3 is 0 Å². The Balaban J connectivity index is 2.10. The number of pyridine rings is 1. The maximum absolute atomic E-state index is 12.9. The average molecular weight is 285 g/mol. The number of nitrogens with one attached hydrogen (secondary N) is 1. The fourth-order valence-electron chi connectivity index (χ4n) is 2.01. The van der Waals surface area contributed by atoms with Gasteiger partial charge in [-0.3, -0.25) is 0 Å². The summed E-state index contributed by atoms with van der Waals surface area (Å²) in [5.41, 5.74) is 3.78. The lowest BCUT2D eigenvalue weighted by atomic mass is 9.99. The molecule has 0 radical (unpaired) electrons.